The molecule has 1 amide bonds. The van der Waals surface area contributed by atoms with Gasteiger partial charge in [-0.1, -0.05) is 24.3 Å². The van der Waals surface area contributed by atoms with Crippen molar-refractivity contribution in [3.05, 3.63) is 66.6 Å². The third-order valence-corrected chi connectivity index (χ3v) is 4.66. The molecule has 0 atom stereocenters. The van der Waals surface area contributed by atoms with Crippen LogP contribution in [0, 0.1) is 0 Å². The second kappa shape index (κ2) is 7.49. The number of carbonyl (C=O) groups is 1. The van der Waals surface area contributed by atoms with E-state index in [4.69, 9.17) is 4.74 Å². The zero-order valence-corrected chi connectivity index (χ0v) is 15.2. The predicted molar refractivity (Wildman–Crippen MR) is 102 cm³/mol. The number of para-hydroxylation sites is 1. The summed E-state index contributed by atoms with van der Waals surface area (Å²) in [5, 5.41) is 4.48. The van der Waals surface area contributed by atoms with Crippen molar-refractivity contribution in [2.45, 2.75) is 0 Å². The molecule has 1 saturated heterocycles. The fourth-order valence-electron chi connectivity index (χ4n) is 3.20. The molecular weight excluding hydrogens is 342 g/mol. The lowest BCUT2D eigenvalue weighted by molar-refractivity contribution is 0.0737. The minimum atomic E-state index is -0.109. The molecule has 1 aromatic carbocycles. The average Bonchev–Trinajstić information content (AvgIpc) is 3.19. The molecule has 3 aromatic rings. The lowest BCUT2D eigenvalue weighted by Crippen LogP contribution is -2.49. The van der Waals surface area contributed by atoms with E-state index in [0.29, 0.717) is 24.5 Å². The monoisotopic (exact) mass is 363 g/mol. The second-order valence-corrected chi connectivity index (χ2v) is 6.29. The van der Waals surface area contributed by atoms with Crippen LogP contribution in [0.15, 0.2) is 60.9 Å². The van der Waals surface area contributed by atoms with Crippen LogP contribution in [0.1, 0.15) is 10.5 Å². The molecule has 0 unspecified atom stereocenters. The van der Waals surface area contributed by atoms with E-state index in [-0.39, 0.29) is 5.91 Å². The Kier molecular flexibility index (Phi) is 4.74. The quantitative estimate of drug-likeness (QED) is 0.711. The minimum Gasteiger partial charge on any atom is -0.493 e. The highest BCUT2D eigenvalue weighted by molar-refractivity contribution is 5.95. The van der Waals surface area contributed by atoms with E-state index in [0.717, 1.165) is 24.6 Å². The van der Waals surface area contributed by atoms with Crippen LogP contribution in [0.3, 0.4) is 0 Å². The summed E-state index contributed by atoms with van der Waals surface area (Å²) in [5.74, 6) is 1.31. The van der Waals surface area contributed by atoms with Crippen molar-refractivity contribution in [1.82, 2.24) is 19.7 Å². The van der Waals surface area contributed by atoms with Gasteiger partial charge in [0.25, 0.3) is 5.91 Å². The standard InChI is InChI=1S/C20H21N5O2/c1-27-17-15-25(16-7-3-2-4-8-16)22-19(17)20(26)24-13-11-23(12-14-24)18-9-5-6-10-21-18/h2-10,15H,11-14H2,1H3. The summed E-state index contributed by atoms with van der Waals surface area (Å²) in [4.78, 5) is 21.4. The van der Waals surface area contributed by atoms with Gasteiger partial charge in [-0.05, 0) is 24.3 Å². The molecule has 1 aliphatic heterocycles. The van der Waals surface area contributed by atoms with Gasteiger partial charge in [-0.3, -0.25) is 4.79 Å². The van der Waals surface area contributed by atoms with E-state index in [2.05, 4.69) is 15.0 Å². The van der Waals surface area contributed by atoms with Crippen LogP contribution in [0.4, 0.5) is 5.82 Å². The first kappa shape index (κ1) is 17.1. The van der Waals surface area contributed by atoms with Crippen LogP contribution in [0.25, 0.3) is 5.69 Å². The highest BCUT2D eigenvalue weighted by atomic mass is 16.5. The number of carbonyl (C=O) groups excluding carboxylic acids is 1. The van der Waals surface area contributed by atoms with Crippen molar-refractivity contribution in [2.24, 2.45) is 0 Å². The molecule has 0 aliphatic carbocycles. The molecule has 4 rings (SSSR count). The average molecular weight is 363 g/mol. The number of rotatable bonds is 4. The lowest BCUT2D eigenvalue weighted by atomic mass is 10.2. The lowest BCUT2D eigenvalue weighted by Gasteiger charge is -2.35. The van der Waals surface area contributed by atoms with Gasteiger partial charge in [0.05, 0.1) is 19.0 Å². The second-order valence-electron chi connectivity index (χ2n) is 6.29. The summed E-state index contributed by atoms with van der Waals surface area (Å²) in [6.07, 6.45) is 3.53. The van der Waals surface area contributed by atoms with Crippen molar-refractivity contribution < 1.29 is 9.53 Å². The smallest absolute Gasteiger partial charge is 0.278 e. The topological polar surface area (TPSA) is 63.5 Å². The predicted octanol–water partition coefficient (Wildman–Crippen LogP) is 2.24. The molecule has 0 radical (unpaired) electrons. The maximum atomic E-state index is 13.0. The van der Waals surface area contributed by atoms with Crippen LogP contribution < -0.4 is 9.64 Å². The number of amides is 1. The Labute approximate surface area is 157 Å². The number of aromatic nitrogens is 3. The summed E-state index contributed by atoms with van der Waals surface area (Å²) in [7, 11) is 1.56. The highest BCUT2D eigenvalue weighted by Crippen LogP contribution is 2.22. The maximum Gasteiger partial charge on any atom is 0.278 e. The van der Waals surface area contributed by atoms with Gasteiger partial charge in [-0.15, -0.1) is 0 Å². The summed E-state index contributed by atoms with van der Waals surface area (Å²) < 4.78 is 7.08. The molecule has 7 nitrogen and oxygen atoms in total. The van der Waals surface area contributed by atoms with E-state index in [1.54, 1.807) is 24.2 Å². The fourth-order valence-corrected chi connectivity index (χ4v) is 3.20. The fraction of sp³-hybridized carbons (Fsp3) is 0.250. The summed E-state index contributed by atoms with van der Waals surface area (Å²) in [6.45, 7) is 2.72. The van der Waals surface area contributed by atoms with E-state index < -0.39 is 0 Å². The third-order valence-electron chi connectivity index (χ3n) is 4.66. The number of piperazine rings is 1. The first-order valence-corrected chi connectivity index (χ1v) is 8.90. The molecule has 2 aromatic heterocycles. The summed E-state index contributed by atoms with van der Waals surface area (Å²) in [6, 6.07) is 15.5. The molecule has 1 fully saturated rings. The molecule has 1 aliphatic rings. The maximum absolute atomic E-state index is 13.0. The molecule has 27 heavy (non-hydrogen) atoms. The number of pyridine rings is 1. The number of anilines is 1. The SMILES string of the molecule is COc1cn(-c2ccccc2)nc1C(=O)N1CCN(c2ccccn2)CC1. The van der Waals surface area contributed by atoms with Crippen molar-refractivity contribution in [3.63, 3.8) is 0 Å². The number of methoxy groups -OCH3 is 1. The van der Waals surface area contributed by atoms with Crippen LogP contribution in [-0.2, 0) is 0 Å². The van der Waals surface area contributed by atoms with Crippen molar-refractivity contribution in [1.29, 1.82) is 0 Å². The van der Waals surface area contributed by atoms with Crippen LogP contribution in [-0.4, -0.2) is 58.9 Å². The Morgan fingerprint density at radius 2 is 1.74 bits per heavy atom. The van der Waals surface area contributed by atoms with Crippen molar-refractivity contribution in [2.75, 3.05) is 38.2 Å². The van der Waals surface area contributed by atoms with E-state index in [1.807, 2.05) is 53.4 Å². The largest absolute Gasteiger partial charge is 0.493 e. The Morgan fingerprint density at radius 3 is 2.41 bits per heavy atom. The van der Waals surface area contributed by atoms with Crippen LogP contribution in [0.2, 0.25) is 0 Å². The van der Waals surface area contributed by atoms with Gasteiger partial charge in [-0.25, -0.2) is 9.67 Å². The van der Waals surface area contributed by atoms with E-state index >= 15 is 0 Å². The first-order valence-electron chi connectivity index (χ1n) is 8.90. The van der Waals surface area contributed by atoms with Gasteiger partial charge in [0.15, 0.2) is 11.4 Å². The van der Waals surface area contributed by atoms with Gasteiger partial charge in [0.1, 0.15) is 5.82 Å². The van der Waals surface area contributed by atoms with Crippen LogP contribution in [0.5, 0.6) is 5.75 Å². The zero-order chi connectivity index (χ0) is 18.6. The van der Waals surface area contributed by atoms with Gasteiger partial charge in [0.2, 0.25) is 0 Å². The molecule has 3 heterocycles. The summed E-state index contributed by atoms with van der Waals surface area (Å²) in [5.41, 5.74) is 1.22. The number of nitrogens with zero attached hydrogens (tertiary/aromatic N) is 5. The zero-order valence-electron chi connectivity index (χ0n) is 15.2. The highest BCUT2D eigenvalue weighted by Gasteiger charge is 2.27. The molecule has 0 bridgehead atoms. The number of ether oxygens (including phenoxy) is 1. The molecule has 138 valence electrons. The Morgan fingerprint density at radius 1 is 1.00 bits per heavy atom. The van der Waals surface area contributed by atoms with Crippen molar-refractivity contribution in [3.8, 4) is 11.4 Å². The van der Waals surface area contributed by atoms with Crippen LogP contribution >= 0.6 is 0 Å². The Balaban J connectivity index is 1.49. The van der Waals surface area contributed by atoms with Gasteiger partial charge < -0.3 is 14.5 Å². The third kappa shape index (κ3) is 3.48. The molecule has 0 N–H and O–H groups in total. The summed E-state index contributed by atoms with van der Waals surface area (Å²) >= 11 is 0. The van der Waals surface area contributed by atoms with E-state index in [9.17, 15) is 4.79 Å². The molecule has 7 heteroatoms. The molecular formula is C20H21N5O2. The molecule has 0 spiro atoms. The normalized spacial score (nSPS) is 14.3. The molecule has 0 saturated carbocycles. The number of hydrogen-bond donors (Lipinski definition) is 0. The Bertz CT molecular complexity index is 903. The Hall–Kier alpha value is -3.35. The van der Waals surface area contributed by atoms with Crippen molar-refractivity contribution >= 4 is 11.7 Å². The van der Waals surface area contributed by atoms with Gasteiger partial charge in [0, 0.05) is 32.4 Å². The first-order chi connectivity index (χ1) is 13.3. The van der Waals surface area contributed by atoms with Gasteiger partial charge in [-0.2, -0.15) is 5.10 Å². The number of benzene rings is 1. The van der Waals surface area contributed by atoms with Gasteiger partial charge >= 0.3 is 0 Å². The number of hydrogen-bond acceptors (Lipinski definition) is 5. The van der Waals surface area contributed by atoms with E-state index in [1.165, 1.54) is 0 Å². The minimum absolute atomic E-state index is 0.109.